The summed E-state index contributed by atoms with van der Waals surface area (Å²) in [7, 11) is 0. The number of rotatable bonds is 8. The average molecular weight is 815 g/mol. The summed E-state index contributed by atoms with van der Waals surface area (Å²) in [5.41, 5.74) is 14.1. The van der Waals surface area contributed by atoms with E-state index < -0.39 is 0 Å². The molecule has 298 valence electrons. The van der Waals surface area contributed by atoms with E-state index in [1.54, 1.807) is 0 Å². The van der Waals surface area contributed by atoms with Gasteiger partial charge in [0.1, 0.15) is 0 Å². The van der Waals surface area contributed by atoms with E-state index >= 15 is 0 Å². The second kappa shape index (κ2) is 16.6. The van der Waals surface area contributed by atoms with Crippen LogP contribution in [-0.2, 0) is 0 Å². The zero-order chi connectivity index (χ0) is 42.8. The highest BCUT2D eigenvalue weighted by Gasteiger charge is 2.20. The van der Waals surface area contributed by atoms with Crippen LogP contribution in [0.25, 0.3) is 111 Å². The van der Waals surface area contributed by atoms with Crippen molar-refractivity contribution in [3.63, 3.8) is 0 Å². The Morgan fingerprint density at radius 2 is 0.688 bits per heavy atom. The standard InChI is InChI=1S/C60H38N4/c61-39-40-31-36-54(51-27-13-15-29-53(51)57-38-45-21-7-8-24-48(45)49-25-12-14-28-52(49)57)56(37-40)50-26-11-9-22-46(50)42-32-34-44(35-33-42)59-62-58(43-19-5-2-6-20-43)63-60(64-59)55-30-16-10-23-47(55)41-17-3-1-4-18-41/h1-38H. The highest BCUT2D eigenvalue weighted by Crippen LogP contribution is 2.45. The van der Waals surface area contributed by atoms with Gasteiger partial charge in [-0.2, -0.15) is 5.26 Å². The zero-order valence-corrected chi connectivity index (χ0v) is 34.7. The second-order valence-electron chi connectivity index (χ2n) is 15.8. The summed E-state index contributed by atoms with van der Waals surface area (Å²) in [4.78, 5) is 15.2. The zero-order valence-electron chi connectivity index (χ0n) is 34.7. The topological polar surface area (TPSA) is 62.5 Å². The highest BCUT2D eigenvalue weighted by molar-refractivity contribution is 6.15. The summed E-state index contributed by atoms with van der Waals surface area (Å²) in [6, 6.07) is 82.3. The Hall–Kier alpha value is -8.78. The first-order valence-electron chi connectivity index (χ1n) is 21.4. The van der Waals surface area contributed by atoms with Gasteiger partial charge >= 0.3 is 0 Å². The predicted molar refractivity (Wildman–Crippen MR) is 263 cm³/mol. The largest absolute Gasteiger partial charge is 0.208 e. The molecule has 0 fully saturated rings. The number of benzene rings is 10. The lowest BCUT2D eigenvalue weighted by molar-refractivity contribution is 1.07. The van der Waals surface area contributed by atoms with Gasteiger partial charge < -0.3 is 0 Å². The Balaban J connectivity index is 1.03. The fourth-order valence-electron chi connectivity index (χ4n) is 8.96. The molecule has 0 aliphatic rings. The summed E-state index contributed by atoms with van der Waals surface area (Å²) >= 11 is 0. The molecule has 11 aromatic rings. The maximum absolute atomic E-state index is 10.2. The van der Waals surface area contributed by atoms with Crippen molar-refractivity contribution >= 4 is 21.5 Å². The third-order valence-corrected chi connectivity index (χ3v) is 12.0. The van der Waals surface area contributed by atoms with Crippen molar-refractivity contribution in [3.05, 3.63) is 236 Å². The molecule has 0 spiro atoms. The minimum atomic E-state index is 0.591. The fraction of sp³-hybridized carbons (Fsp3) is 0. The molecule has 1 aromatic heterocycles. The van der Waals surface area contributed by atoms with Gasteiger partial charge in [0.05, 0.1) is 11.6 Å². The number of aromatic nitrogens is 3. The molecule has 0 unspecified atom stereocenters. The van der Waals surface area contributed by atoms with Crippen LogP contribution in [0.4, 0.5) is 0 Å². The number of hydrogen-bond acceptors (Lipinski definition) is 4. The molecule has 0 aliphatic carbocycles. The molecule has 0 N–H and O–H groups in total. The Labute approximate surface area is 372 Å². The Morgan fingerprint density at radius 1 is 0.266 bits per heavy atom. The molecule has 0 amide bonds. The van der Waals surface area contributed by atoms with Gasteiger partial charge in [0.25, 0.3) is 0 Å². The molecular formula is C60H38N4. The smallest absolute Gasteiger partial charge is 0.164 e. The van der Waals surface area contributed by atoms with Crippen molar-refractivity contribution in [1.29, 1.82) is 5.26 Å². The van der Waals surface area contributed by atoms with E-state index in [1.807, 2.05) is 72.8 Å². The van der Waals surface area contributed by atoms with Crippen LogP contribution in [0.15, 0.2) is 231 Å². The van der Waals surface area contributed by atoms with Crippen LogP contribution < -0.4 is 0 Å². The Morgan fingerprint density at radius 3 is 1.34 bits per heavy atom. The maximum Gasteiger partial charge on any atom is 0.164 e. The van der Waals surface area contributed by atoms with E-state index in [4.69, 9.17) is 15.0 Å². The van der Waals surface area contributed by atoms with Gasteiger partial charge in [-0.1, -0.05) is 212 Å². The van der Waals surface area contributed by atoms with E-state index in [0.717, 1.165) is 66.8 Å². The number of nitriles is 1. The predicted octanol–water partition coefficient (Wildman–Crippen LogP) is 15.4. The molecular weight excluding hydrogens is 777 g/mol. The number of nitrogens with zero attached hydrogens (tertiary/aromatic N) is 4. The van der Waals surface area contributed by atoms with Gasteiger partial charge in [0.2, 0.25) is 0 Å². The summed E-state index contributed by atoms with van der Waals surface area (Å²) in [6.45, 7) is 0. The lowest BCUT2D eigenvalue weighted by Gasteiger charge is -2.19. The van der Waals surface area contributed by atoms with E-state index in [2.05, 4.69) is 164 Å². The monoisotopic (exact) mass is 814 g/mol. The van der Waals surface area contributed by atoms with Crippen molar-refractivity contribution in [2.24, 2.45) is 0 Å². The molecule has 0 atom stereocenters. The van der Waals surface area contributed by atoms with Crippen molar-refractivity contribution < 1.29 is 0 Å². The molecule has 1 heterocycles. The maximum atomic E-state index is 10.2. The van der Waals surface area contributed by atoms with E-state index in [-0.39, 0.29) is 0 Å². The van der Waals surface area contributed by atoms with E-state index in [1.165, 1.54) is 27.1 Å². The van der Waals surface area contributed by atoms with Gasteiger partial charge in [0, 0.05) is 16.7 Å². The van der Waals surface area contributed by atoms with Gasteiger partial charge in [-0.15, -0.1) is 0 Å². The number of hydrogen-bond donors (Lipinski definition) is 0. The molecule has 4 nitrogen and oxygen atoms in total. The van der Waals surface area contributed by atoms with Gasteiger partial charge in [-0.25, -0.2) is 15.0 Å². The molecule has 0 bridgehead atoms. The molecule has 0 saturated heterocycles. The molecule has 0 aliphatic heterocycles. The van der Waals surface area contributed by atoms with Crippen LogP contribution in [0.5, 0.6) is 0 Å². The average Bonchev–Trinajstić information content (AvgIpc) is 3.38. The van der Waals surface area contributed by atoms with Crippen LogP contribution in [0.2, 0.25) is 0 Å². The number of fused-ring (bicyclic) bond motifs is 3. The lowest BCUT2D eigenvalue weighted by atomic mass is 9.84. The van der Waals surface area contributed by atoms with Crippen LogP contribution in [0.3, 0.4) is 0 Å². The summed E-state index contributed by atoms with van der Waals surface area (Å²) < 4.78 is 0. The fourth-order valence-corrected chi connectivity index (χ4v) is 8.96. The molecule has 4 heteroatoms. The minimum Gasteiger partial charge on any atom is -0.208 e. The summed E-state index contributed by atoms with van der Waals surface area (Å²) in [6.07, 6.45) is 0. The Bertz CT molecular complexity index is 3550. The van der Waals surface area contributed by atoms with E-state index in [0.29, 0.717) is 23.0 Å². The third-order valence-electron chi connectivity index (χ3n) is 12.0. The molecule has 10 aromatic carbocycles. The highest BCUT2D eigenvalue weighted by atomic mass is 15.0. The normalized spacial score (nSPS) is 11.1. The minimum absolute atomic E-state index is 0.591. The van der Waals surface area contributed by atoms with Gasteiger partial charge in [0.15, 0.2) is 17.5 Å². The first-order chi connectivity index (χ1) is 31.7. The first-order valence-corrected chi connectivity index (χ1v) is 21.4. The summed E-state index contributed by atoms with van der Waals surface area (Å²) in [5, 5.41) is 15.1. The first kappa shape index (κ1) is 38.2. The third kappa shape index (κ3) is 7.08. The molecule has 0 radical (unpaired) electrons. The second-order valence-corrected chi connectivity index (χ2v) is 15.8. The molecule has 0 saturated carbocycles. The van der Waals surface area contributed by atoms with Crippen LogP contribution in [-0.4, -0.2) is 15.0 Å². The molecule has 64 heavy (non-hydrogen) atoms. The quantitative estimate of drug-likeness (QED) is 0.143. The van der Waals surface area contributed by atoms with Gasteiger partial charge in [-0.3, -0.25) is 0 Å². The van der Waals surface area contributed by atoms with Gasteiger partial charge in [-0.05, 0) is 95.4 Å². The van der Waals surface area contributed by atoms with Crippen LogP contribution in [0.1, 0.15) is 5.56 Å². The van der Waals surface area contributed by atoms with Crippen LogP contribution >= 0.6 is 0 Å². The van der Waals surface area contributed by atoms with Crippen molar-refractivity contribution in [3.8, 4) is 95.9 Å². The van der Waals surface area contributed by atoms with Crippen LogP contribution in [0, 0.1) is 11.3 Å². The Kier molecular flexibility index (Phi) is 9.89. The molecule has 11 rings (SSSR count). The lowest BCUT2D eigenvalue weighted by Crippen LogP contribution is -2.01. The SMILES string of the molecule is N#Cc1ccc(-c2ccccc2-c2cc3ccccc3c3ccccc23)c(-c2ccccc2-c2ccc(-c3nc(-c4ccccc4)nc(-c4ccccc4-c4ccccc4)n3)cc2)c1. The van der Waals surface area contributed by atoms with E-state index in [9.17, 15) is 5.26 Å². The van der Waals surface area contributed by atoms with Crippen molar-refractivity contribution in [1.82, 2.24) is 15.0 Å². The van der Waals surface area contributed by atoms with Crippen molar-refractivity contribution in [2.75, 3.05) is 0 Å². The van der Waals surface area contributed by atoms with Crippen molar-refractivity contribution in [2.45, 2.75) is 0 Å². The summed E-state index contributed by atoms with van der Waals surface area (Å²) in [5.74, 6) is 1.81.